The first-order chi connectivity index (χ1) is 8.18. The van der Waals surface area contributed by atoms with Gasteiger partial charge in [-0.05, 0) is 29.5 Å². The highest BCUT2D eigenvalue weighted by Gasteiger charge is 2.20. The van der Waals surface area contributed by atoms with Crippen LogP contribution in [0.4, 0.5) is 0 Å². The molecule has 2 unspecified atom stereocenters. The third-order valence-electron chi connectivity index (χ3n) is 3.80. The first kappa shape index (κ1) is 12.6. The van der Waals surface area contributed by atoms with E-state index in [0.717, 1.165) is 25.7 Å². The largest absolute Gasteiger partial charge is 0.375 e. The van der Waals surface area contributed by atoms with Crippen molar-refractivity contribution >= 4 is 0 Å². The molecule has 0 aliphatic carbocycles. The smallest absolute Gasteiger partial charge is 0.0721 e. The molecule has 0 saturated heterocycles. The van der Waals surface area contributed by atoms with E-state index in [1.54, 1.807) is 0 Å². The van der Waals surface area contributed by atoms with Gasteiger partial charge >= 0.3 is 0 Å². The Hall–Kier alpha value is -0.860. The summed E-state index contributed by atoms with van der Waals surface area (Å²) in [5.41, 5.74) is 2.74. The van der Waals surface area contributed by atoms with Gasteiger partial charge in [0, 0.05) is 0 Å². The lowest BCUT2D eigenvalue weighted by molar-refractivity contribution is 0.0804. The van der Waals surface area contributed by atoms with Crippen molar-refractivity contribution in [1.82, 2.24) is 5.32 Å². The number of hydrogen-bond donors (Lipinski definition) is 1. The SMILES string of the molecule is CC(C)C(C)CNC1COCc2ccccc21. The monoisotopic (exact) mass is 233 g/mol. The molecule has 0 fully saturated rings. The molecule has 2 heteroatoms. The van der Waals surface area contributed by atoms with Crippen molar-refractivity contribution in [2.45, 2.75) is 33.4 Å². The van der Waals surface area contributed by atoms with Crippen molar-refractivity contribution in [3.05, 3.63) is 35.4 Å². The zero-order valence-electron chi connectivity index (χ0n) is 11.1. The first-order valence-electron chi connectivity index (χ1n) is 6.57. The van der Waals surface area contributed by atoms with Gasteiger partial charge in [0.15, 0.2) is 0 Å². The third kappa shape index (κ3) is 3.08. The average molecular weight is 233 g/mol. The van der Waals surface area contributed by atoms with Crippen LogP contribution in [0.25, 0.3) is 0 Å². The van der Waals surface area contributed by atoms with Gasteiger partial charge in [-0.3, -0.25) is 0 Å². The number of fused-ring (bicyclic) bond motifs is 1. The molecule has 0 bridgehead atoms. The molecule has 94 valence electrons. The Morgan fingerprint density at radius 1 is 1.29 bits per heavy atom. The summed E-state index contributed by atoms with van der Waals surface area (Å²) >= 11 is 0. The fraction of sp³-hybridized carbons (Fsp3) is 0.600. The van der Waals surface area contributed by atoms with Crippen molar-refractivity contribution in [2.24, 2.45) is 11.8 Å². The predicted molar refractivity (Wildman–Crippen MR) is 70.8 cm³/mol. The van der Waals surface area contributed by atoms with Gasteiger partial charge in [0.05, 0.1) is 19.3 Å². The summed E-state index contributed by atoms with van der Waals surface area (Å²) in [7, 11) is 0. The van der Waals surface area contributed by atoms with Gasteiger partial charge in [-0.2, -0.15) is 0 Å². The molecule has 1 aromatic rings. The molecular formula is C15H23NO. The van der Waals surface area contributed by atoms with Crippen molar-refractivity contribution in [2.75, 3.05) is 13.2 Å². The molecule has 1 heterocycles. The molecule has 1 aliphatic rings. The van der Waals surface area contributed by atoms with E-state index in [1.165, 1.54) is 11.1 Å². The molecule has 0 radical (unpaired) electrons. The summed E-state index contributed by atoms with van der Waals surface area (Å²) in [6.07, 6.45) is 0. The zero-order chi connectivity index (χ0) is 12.3. The molecule has 17 heavy (non-hydrogen) atoms. The van der Waals surface area contributed by atoms with E-state index >= 15 is 0 Å². The fourth-order valence-corrected chi connectivity index (χ4v) is 2.11. The van der Waals surface area contributed by atoms with E-state index in [4.69, 9.17) is 4.74 Å². The topological polar surface area (TPSA) is 21.3 Å². The summed E-state index contributed by atoms with van der Waals surface area (Å²) in [5, 5.41) is 3.63. The maximum absolute atomic E-state index is 5.64. The average Bonchev–Trinajstić information content (AvgIpc) is 2.35. The van der Waals surface area contributed by atoms with Gasteiger partial charge < -0.3 is 10.1 Å². The van der Waals surface area contributed by atoms with Gasteiger partial charge in [-0.1, -0.05) is 45.0 Å². The summed E-state index contributed by atoms with van der Waals surface area (Å²) in [5.74, 6) is 1.42. The quantitative estimate of drug-likeness (QED) is 0.862. The number of hydrogen-bond acceptors (Lipinski definition) is 2. The lowest BCUT2D eigenvalue weighted by Gasteiger charge is -2.28. The summed E-state index contributed by atoms with van der Waals surface area (Å²) in [4.78, 5) is 0. The van der Waals surface area contributed by atoms with Gasteiger partial charge in [0.25, 0.3) is 0 Å². The second kappa shape index (κ2) is 5.65. The van der Waals surface area contributed by atoms with E-state index in [0.29, 0.717) is 12.0 Å². The highest BCUT2D eigenvalue weighted by Crippen LogP contribution is 2.24. The Bertz CT molecular complexity index is 362. The molecule has 2 rings (SSSR count). The second-order valence-corrected chi connectivity index (χ2v) is 5.40. The van der Waals surface area contributed by atoms with Crippen LogP contribution in [-0.2, 0) is 11.3 Å². The van der Waals surface area contributed by atoms with Crippen molar-refractivity contribution in [1.29, 1.82) is 0 Å². The Labute approximate surface area is 104 Å². The highest BCUT2D eigenvalue weighted by atomic mass is 16.5. The van der Waals surface area contributed by atoms with Crippen LogP contribution in [0.5, 0.6) is 0 Å². The molecule has 1 aliphatic heterocycles. The first-order valence-corrected chi connectivity index (χ1v) is 6.57. The van der Waals surface area contributed by atoms with Gasteiger partial charge in [0.1, 0.15) is 0 Å². The van der Waals surface area contributed by atoms with Crippen molar-refractivity contribution in [3.8, 4) is 0 Å². The normalized spacial score (nSPS) is 21.3. The number of ether oxygens (including phenoxy) is 1. The zero-order valence-corrected chi connectivity index (χ0v) is 11.1. The van der Waals surface area contributed by atoms with Crippen LogP contribution in [0.3, 0.4) is 0 Å². The molecule has 0 saturated carbocycles. The molecule has 0 spiro atoms. The molecule has 2 nitrogen and oxygen atoms in total. The van der Waals surface area contributed by atoms with E-state index in [2.05, 4.69) is 50.4 Å². The van der Waals surface area contributed by atoms with Crippen LogP contribution in [-0.4, -0.2) is 13.2 Å². The van der Waals surface area contributed by atoms with Crippen molar-refractivity contribution < 1.29 is 4.74 Å². The second-order valence-electron chi connectivity index (χ2n) is 5.40. The van der Waals surface area contributed by atoms with Crippen LogP contribution in [0.15, 0.2) is 24.3 Å². The van der Waals surface area contributed by atoms with E-state index in [1.807, 2.05) is 0 Å². The number of nitrogens with one attached hydrogen (secondary N) is 1. The van der Waals surface area contributed by atoms with E-state index in [9.17, 15) is 0 Å². The maximum Gasteiger partial charge on any atom is 0.0721 e. The minimum absolute atomic E-state index is 0.362. The third-order valence-corrected chi connectivity index (χ3v) is 3.80. The predicted octanol–water partition coefficient (Wildman–Crippen LogP) is 3.14. The van der Waals surface area contributed by atoms with Gasteiger partial charge in [-0.25, -0.2) is 0 Å². The minimum Gasteiger partial charge on any atom is -0.375 e. The molecule has 1 aromatic carbocycles. The summed E-state index contributed by atoms with van der Waals surface area (Å²) < 4.78 is 5.64. The Kier molecular flexibility index (Phi) is 4.19. The van der Waals surface area contributed by atoms with Crippen LogP contribution >= 0.6 is 0 Å². The lowest BCUT2D eigenvalue weighted by Crippen LogP contribution is -2.33. The Morgan fingerprint density at radius 3 is 2.82 bits per heavy atom. The molecule has 0 aromatic heterocycles. The standard InChI is InChI=1S/C15H23NO/c1-11(2)12(3)8-16-15-10-17-9-13-6-4-5-7-14(13)15/h4-7,11-12,15-16H,8-10H2,1-3H3. The Balaban J connectivity index is 1.99. The van der Waals surface area contributed by atoms with Crippen LogP contribution in [0.2, 0.25) is 0 Å². The van der Waals surface area contributed by atoms with E-state index < -0.39 is 0 Å². The van der Waals surface area contributed by atoms with Crippen LogP contribution < -0.4 is 5.32 Å². The Morgan fingerprint density at radius 2 is 2.06 bits per heavy atom. The molecule has 1 N–H and O–H groups in total. The number of rotatable bonds is 4. The summed E-state index contributed by atoms with van der Waals surface area (Å²) in [6, 6.07) is 8.94. The molecular weight excluding hydrogens is 210 g/mol. The lowest BCUT2D eigenvalue weighted by atomic mass is 9.95. The minimum atomic E-state index is 0.362. The molecule has 0 amide bonds. The maximum atomic E-state index is 5.64. The van der Waals surface area contributed by atoms with Gasteiger partial charge in [-0.15, -0.1) is 0 Å². The highest BCUT2D eigenvalue weighted by molar-refractivity contribution is 5.31. The number of benzene rings is 1. The fourth-order valence-electron chi connectivity index (χ4n) is 2.11. The van der Waals surface area contributed by atoms with Crippen molar-refractivity contribution in [3.63, 3.8) is 0 Å². The van der Waals surface area contributed by atoms with Crippen LogP contribution in [0.1, 0.15) is 37.9 Å². The van der Waals surface area contributed by atoms with Gasteiger partial charge in [0.2, 0.25) is 0 Å². The van der Waals surface area contributed by atoms with Crippen LogP contribution in [0, 0.1) is 11.8 Å². The van der Waals surface area contributed by atoms with E-state index in [-0.39, 0.29) is 0 Å². The summed E-state index contributed by atoms with van der Waals surface area (Å²) in [6.45, 7) is 9.46. The molecule has 2 atom stereocenters.